The summed E-state index contributed by atoms with van der Waals surface area (Å²) in [5, 5.41) is 10.7. The summed E-state index contributed by atoms with van der Waals surface area (Å²) in [7, 11) is 1.81. The van der Waals surface area contributed by atoms with Crippen molar-refractivity contribution in [1.82, 2.24) is 24.6 Å². The number of hydrogen-bond donors (Lipinski definition) is 2. The van der Waals surface area contributed by atoms with Crippen LogP contribution >= 0.6 is 12.4 Å². The molecule has 1 amide bonds. The number of aryl methyl sites for hydroxylation is 1. The number of aromatic nitrogens is 4. The fraction of sp³-hybridized carbons (Fsp3) is 0.562. The Bertz CT molecular complexity index is 687. The monoisotopic (exact) mass is 352 g/mol. The molecule has 2 aromatic heterocycles. The molecule has 2 aromatic rings. The van der Waals surface area contributed by atoms with Crippen LogP contribution in [0, 0.1) is 0 Å². The third-order valence-corrected chi connectivity index (χ3v) is 4.28. The quantitative estimate of drug-likeness (QED) is 0.885. The lowest BCUT2D eigenvalue weighted by Gasteiger charge is -2.19. The molecule has 0 aliphatic carbocycles. The van der Waals surface area contributed by atoms with Crippen molar-refractivity contribution in [3.8, 4) is 0 Å². The number of piperidine rings is 1. The van der Waals surface area contributed by atoms with E-state index in [1.54, 1.807) is 4.68 Å². The van der Waals surface area contributed by atoms with Gasteiger partial charge in [0.05, 0.1) is 0 Å². The van der Waals surface area contributed by atoms with Gasteiger partial charge in [-0.15, -0.1) is 12.4 Å². The van der Waals surface area contributed by atoms with E-state index < -0.39 is 0 Å². The van der Waals surface area contributed by atoms with Gasteiger partial charge in [0.2, 0.25) is 5.95 Å². The number of hydrogen-bond acceptors (Lipinski definition) is 4. The van der Waals surface area contributed by atoms with Gasteiger partial charge in [-0.3, -0.25) is 10.1 Å². The standard InChI is InChI=1S/C16H24N6O.ClH/c1-11(2)22-10-4-5-13(22)15(23)19-16-18-14(20-21(16)3)12-6-8-17-9-7-12;/h4-5,10-12,17H,6-9H2,1-3H3,(H,18,19,20,23);1H. The Morgan fingerprint density at radius 3 is 2.75 bits per heavy atom. The molecule has 0 saturated carbocycles. The minimum Gasteiger partial charge on any atom is -0.341 e. The van der Waals surface area contributed by atoms with Crippen LogP contribution < -0.4 is 10.6 Å². The first-order valence-corrected chi connectivity index (χ1v) is 8.16. The molecular weight excluding hydrogens is 328 g/mol. The van der Waals surface area contributed by atoms with Gasteiger partial charge in [0.15, 0.2) is 5.82 Å². The van der Waals surface area contributed by atoms with Crippen molar-refractivity contribution in [1.29, 1.82) is 0 Å². The average Bonchev–Trinajstić information content (AvgIpc) is 3.16. The van der Waals surface area contributed by atoms with Crippen molar-refractivity contribution in [2.45, 2.75) is 38.6 Å². The maximum Gasteiger partial charge on any atom is 0.274 e. The molecule has 0 atom stereocenters. The highest BCUT2D eigenvalue weighted by Crippen LogP contribution is 2.23. The van der Waals surface area contributed by atoms with E-state index in [9.17, 15) is 4.79 Å². The van der Waals surface area contributed by atoms with E-state index in [1.807, 2.05) is 43.8 Å². The first-order valence-electron chi connectivity index (χ1n) is 8.16. The molecule has 24 heavy (non-hydrogen) atoms. The van der Waals surface area contributed by atoms with Crippen LogP contribution in [-0.2, 0) is 7.05 Å². The predicted molar refractivity (Wildman–Crippen MR) is 95.9 cm³/mol. The van der Waals surface area contributed by atoms with E-state index in [4.69, 9.17) is 0 Å². The molecule has 3 rings (SSSR count). The van der Waals surface area contributed by atoms with Gasteiger partial charge in [-0.25, -0.2) is 4.68 Å². The second-order valence-corrected chi connectivity index (χ2v) is 6.29. The fourth-order valence-corrected chi connectivity index (χ4v) is 2.97. The number of rotatable bonds is 4. The van der Waals surface area contributed by atoms with E-state index >= 15 is 0 Å². The van der Waals surface area contributed by atoms with Gasteiger partial charge >= 0.3 is 0 Å². The van der Waals surface area contributed by atoms with Crippen molar-refractivity contribution in [2.75, 3.05) is 18.4 Å². The molecule has 1 fully saturated rings. The zero-order valence-corrected chi connectivity index (χ0v) is 15.1. The third kappa shape index (κ3) is 3.79. The summed E-state index contributed by atoms with van der Waals surface area (Å²) in [6, 6.07) is 3.93. The SMILES string of the molecule is CC(C)n1cccc1C(=O)Nc1nc(C2CCNCC2)nn1C.Cl. The van der Waals surface area contributed by atoms with Gasteiger partial charge in [0.1, 0.15) is 5.69 Å². The van der Waals surface area contributed by atoms with Gasteiger partial charge in [0, 0.05) is 25.2 Å². The fourth-order valence-electron chi connectivity index (χ4n) is 2.97. The van der Waals surface area contributed by atoms with Crippen LogP contribution in [0.3, 0.4) is 0 Å². The molecule has 7 nitrogen and oxygen atoms in total. The lowest BCUT2D eigenvalue weighted by atomic mass is 9.98. The Kier molecular flexibility index (Phi) is 6.01. The van der Waals surface area contributed by atoms with E-state index in [0.717, 1.165) is 31.8 Å². The van der Waals surface area contributed by atoms with Gasteiger partial charge in [0.25, 0.3) is 5.91 Å². The molecule has 0 radical (unpaired) electrons. The lowest BCUT2D eigenvalue weighted by Crippen LogP contribution is -2.27. The van der Waals surface area contributed by atoms with Crippen LogP contribution in [0.4, 0.5) is 5.95 Å². The van der Waals surface area contributed by atoms with Crippen molar-refractivity contribution in [3.05, 3.63) is 29.8 Å². The number of halogens is 1. The predicted octanol–water partition coefficient (Wildman–Crippen LogP) is 2.34. The maximum atomic E-state index is 12.5. The van der Waals surface area contributed by atoms with E-state index in [-0.39, 0.29) is 24.4 Å². The van der Waals surface area contributed by atoms with E-state index in [0.29, 0.717) is 17.6 Å². The second kappa shape index (κ2) is 7.81. The molecule has 1 aliphatic rings. The van der Waals surface area contributed by atoms with Crippen molar-refractivity contribution >= 4 is 24.3 Å². The number of amides is 1. The number of nitrogens with zero attached hydrogens (tertiary/aromatic N) is 4. The summed E-state index contributed by atoms with van der Waals surface area (Å²) >= 11 is 0. The molecule has 2 N–H and O–H groups in total. The van der Waals surface area contributed by atoms with E-state index in [2.05, 4.69) is 20.7 Å². The number of nitrogens with one attached hydrogen (secondary N) is 2. The van der Waals surface area contributed by atoms with Gasteiger partial charge < -0.3 is 9.88 Å². The molecule has 132 valence electrons. The molecule has 1 aliphatic heterocycles. The Hall–Kier alpha value is -1.86. The van der Waals surface area contributed by atoms with Crippen LogP contribution in [0.25, 0.3) is 0 Å². The van der Waals surface area contributed by atoms with E-state index in [1.165, 1.54) is 0 Å². The summed E-state index contributed by atoms with van der Waals surface area (Å²) in [6.07, 6.45) is 3.98. The van der Waals surface area contributed by atoms with Crippen LogP contribution in [0.1, 0.15) is 55.0 Å². The molecule has 0 unspecified atom stereocenters. The minimum absolute atomic E-state index is 0. The Balaban J connectivity index is 0.00000208. The highest BCUT2D eigenvalue weighted by atomic mass is 35.5. The Morgan fingerprint density at radius 2 is 2.08 bits per heavy atom. The molecule has 3 heterocycles. The highest BCUT2D eigenvalue weighted by molar-refractivity contribution is 6.02. The smallest absolute Gasteiger partial charge is 0.274 e. The van der Waals surface area contributed by atoms with Gasteiger partial charge in [-0.1, -0.05) is 0 Å². The number of anilines is 1. The Labute approximate surface area is 148 Å². The van der Waals surface area contributed by atoms with Crippen molar-refractivity contribution in [3.63, 3.8) is 0 Å². The van der Waals surface area contributed by atoms with Crippen LogP contribution in [0.2, 0.25) is 0 Å². The lowest BCUT2D eigenvalue weighted by molar-refractivity contribution is 0.101. The normalized spacial score (nSPS) is 15.3. The number of carbonyl (C=O) groups excluding carboxylic acids is 1. The topological polar surface area (TPSA) is 76.8 Å². The average molecular weight is 353 g/mol. The summed E-state index contributed by atoms with van der Waals surface area (Å²) in [4.78, 5) is 17.1. The minimum atomic E-state index is -0.156. The summed E-state index contributed by atoms with van der Waals surface area (Å²) in [5.41, 5.74) is 0.631. The van der Waals surface area contributed by atoms with Crippen LogP contribution in [-0.4, -0.2) is 38.3 Å². The molecule has 1 saturated heterocycles. The molecule has 0 spiro atoms. The first kappa shape index (κ1) is 18.5. The zero-order valence-electron chi connectivity index (χ0n) is 14.3. The van der Waals surface area contributed by atoms with Crippen molar-refractivity contribution < 1.29 is 4.79 Å². The third-order valence-electron chi connectivity index (χ3n) is 4.28. The second-order valence-electron chi connectivity index (χ2n) is 6.29. The molecule has 8 heteroatoms. The first-order chi connectivity index (χ1) is 11.1. The van der Waals surface area contributed by atoms with Crippen LogP contribution in [0.15, 0.2) is 18.3 Å². The highest BCUT2D eigenvalue weighted by Gasteiger charge is 2.22. The zero-order chi connectivity index (χ0) is 16.4. The Morgan fingerprint density at radius 1 is 1.38 bits per heavy atom. The van der Waals surface area contributed by atoms with Crippen LogP contribution in [0.5, 0.6) is 0 Å². The summed E-state index contributed by atoms with van der Waals surface area (Å²) in [5.74, 6) is 1.53. The number of carbonyl (C=O) groups is 1. The maximum absolute atomic E-state index is 12.5. The molecular formula is C16H25ClN6O. The molecule has 0 bridgehead atoms. The van der Waals surface area contributed by atoms with Gasteiger partial charge in [-0.2, -0.15) is 10.1 Å². The molecule has 0 aromatic carbocycles. The van der Waals surface area contributed by atoms with Crippen molar-refractivity contribution in [2.24, 2.45) is 7.05 Å². The largest absolute Gasteiger partial charge is 0.341 e. The van der Waals surface area contributed by atoms with Gasteiger partial charge in [-0.05, 0) is 51.9 Å². The summed E-state index contributed by atoms with van der Waals surface area (Å²) in [6.45, 7) is 6.08. The summed E-state index contributed by atoms with van der Waals surface area (Å²) < 4.78 is 3.59.